The van der Waals surface area contributed by atoms with Crippen LogP contribution in [-0.2, 0) is 4.79 Å². The largest absolute Gasteiger partial charge is 0.357 e. The predicted molar refractivity (Wildman–Crippen MR) is 108 cm³/mol. The summed E-state index contributed by atoms with van der Waals surface area (Å²) in [4.78, 5) is 21.6. The lowest BCUT2D eigenvalue weighted by Gasteiger charge is -2.27. The minimum Gasteiger partial charge on any atom is -0.357 e. The molecule has 2 aliphatic rings. The number of hydrogen-bond acceptors (Lipinski definition) is 6. The molecule has 0 saturated carbocycles. The standard InChI is InChI=1S/C20H29N7O/c28-20(16-25-10-4-5-18(8-13-25)27-14-9-22-24-27)23-17-6-7-19(21-15-17)26-11-2-1-3-12-26/h6-7,9,14-15,18H,1-5,8,10-13,16H2,(H,23,28). The van der Waals surface area contributed by atoms with Crippen molar-refractivity contribution in [1.82, 2.24) is 24.9 Å². The van der Waals surface area contributed by atoms with Gasteiger partial charge in [-0.3, -0.25) is 9.69 Å². The van der Waals surface area contributed by atoms with Crippen molar-refractivity contribution in [3.63, 3.8) is 0 Å². The van der Waals surface area contributed by atoms with Gasteiger partial charge in [0.15, 0.2) is 0 Å². The minimum atomic E-state index is 0.0201. The monoisotopic (exact) mass is 383 g/mol. The molecule has 2 saturated heterocycles. The molecular formula is C20H29N7O. The Kier molecular flexibility index (Phi) is 6.16. The van der Waals surface area contributed by atoms with E-state index in [0.717, 1.165) is 56.9 Å². The fourth-order valence-electron chi connectivity index (χ4n) is 4.15. The first kappa shape index (κ1) is 18.9. The van der Waals surface area contributed by atoms with Gasteiger partial charge in [0.2, 0.25) is 5.91 Å². The number of anilines is 2. The van der Waals surface area contributed by atoms with E-state index in [9.17, 15) is 4.79 Å². The molecule has 1 unspecified atom stereocenters. The van der Waals surface area contributed by atoms with Gasteiger partial charge >= 0.3 is 0 Å². The summed E-state index contributed by atoms with van der Waals surface area (Å²) in [6, 6.07) is 4.34. The maximum Gasteiger partial charge on any atom is 0.238 e. The summed E-state index contributed by atoms with van der Waals surface area (Å²) >= 11 is 0. The molecule has 0 aromatic carbocycles. The molecule has 0 radical (unpaired) electrons. The fraction of sp³-hybridized carbons (Fsp3) is 0.600. The molecule has 150 valence electrons. The van der Waals surface area contributed by atoms with Crippen LogP contribution in [0.1, 0.15) is 44.6 Å². The summed E-state index contributed by atoms with van der Waals surface area (Å²) in [5, 5.41) is 11.0. The van der Waals surface area contributed by atoms with Gasteiger partial charge in [-0.05, 0) is 57.2 Å². The number of piperidine rings is 1. The molecule has 4 heterocycles. The van der Waals surface area contributed by atoms with Crippen LogP contribution < -0.4 is 10.2 Å². The Morgan fingerprint density at radius 1 is 1.07 bits per heavy atom. The number of rotatable bonds is 5. The van der Waals surface area contributed by atoms with E-state index in [-0.39, 0.29) is 5.91 Å². The first-order valence-electron chi connectivity index (χ1n) is 10.4. The number of carbonyl (C=O) groups is 1. The fourth-order valence-corrected chi connectivity index (χ4v) is 4.15. The van der Waals surface area contributed by atoms with Gasteiger partial charge in [-0.2, -0.15) is 0 Å². The van der Waals surface area contributed by atoms with E-state index >= 15 is 0 Å². The van der Waals surface area contributed by atoms with Gasteiger partial charge < -0.3 is 10.2 Å². The van der Waals surface area contributed by atoms with Crippen molar-refractivity contribution in [3.8, 4) is 0 Å². The molecule has 1 N–H and O–H groups in total. The topological polar surface area (TPSA) is 79.2 Å². The quantitative estimate of drug-likeness (QED) is 0.854. The zero-order valence-corrected chi connectivity index (χ0v) is 16.3. The molecule has 0 bridgehead atoms. The van der Waals surface area contributed by atoms with Gasteiger partial charge in [0.1, 0.15) is 5.82 Å². The maximum atomic E-state index is 12.5. The minimum absolute atomic E-state index is 0.0201. The predicted octanol–water partition coefficient (Wildman–Crippen LogP) is 2.33. The zero-order valence-electron chi connectivity index (χ0n) is 16.3. The lowest BCUT2D eigenvalue weighted by atomic mass is 10.1. The van der Waals surface area contributed by atoms with Gasteiger partial charge in [0, 0.05) is 25.8 Å². The first-order valence-corrected chi connectivity index (χ1v) is 10.4. The molecule has 2 aromatic heterocycles. The van der Waals surface area contributed by atoms with Gasteiger partial charge in [-0.15, -0.1) is 5.10 Å². The molecule has 8 nitrogen and oxygen atoms in total. The summed E-state index contributed by atoms with van der Waals surface area (Å²) in [7, 11) is 0. The van der Waals surface area contributed by atoms with E-state index in [1.165, 1.54) is 19.3 Å². The number of nitrogens with zero attached hydrogens (tertiary/aromatic N) is 6. The SMILES string of the molecule is O=C(CN1CCCC(n2ccnn2)CC1)Nc1ccc(N2CCCCC2)nc1. The van der Waals surface area contributed by atoms with Gasteiger partial charge in [0.05, 0.1) is 30.7 Å². The summed E-state index contributed by atoms with van der Waals surface area (Å²) in [6.07, 6.45) is 12.3. The van der Waals surface area contributed by atoms with Crippen molar-refractivity contribution in [3.05, 3.63) is 30.7 Å². The highest BCUT2D eigenvalue weighted by Crippen LogP contribution is 2.22. The number of hydrogen-bond donors (Lipinski definition) is 1. The summed E-state index contributed by atoms with van der Waals surface area (Å²) < 4.78 is 1.94. The second-order valence-electron chi connectivity index (χ2n) is 7.74. The average molecular weight is 384 g/mol. The Labute approximate surface area is 165 Å². The first-order chi connectivity index (χ1) is 13.8. The Balaban J connectivity index is 1.26. The van der Waals surface area contributed by atoms with Crippen LogP contribution in [0.4, 0.5) is 11.5 Å². The van der Waals surface area contributed by atoms with Crippen LogP contribution >= 0.6 is 0 Å². The van der Waals surface area contributed by atoms with Crippen LogP contribution in [0.25, 0.3) is 0 Å². The highest BCUT2D eigenvalue weighted by molar-refractivity contribution is 5.92. The van der Waals surface area contributed by atoms with Crippen molar-refractivity contribution in [2.24, 2.45) is 0 Å². The number of amides is 1. The van der Waals surface area contributed by atoms with Crippen molar-refractivity contribution in [2.45, 2.75) is 44.6 Å². The molecule has 8 heteroatoms. The smallest absolute Gasteiger partial charge is 0.238 e. The van der Waals surface area contributed by atoms with Gasteiger partial charge in [-0.1, -0.05) is 5.21 Å². The van der Waals surface area contributed by atoms with E-state index < -0.39 is 0 Å². The number of likely N-dealkylation sites (tertiary alicyclic amines) is 1. The van der Waals surface area contributed by atoms with Crippen molar-refractivity contribution in [2.75, 3.05) is 42.9 Å². The Hall–Kier alpha value is -2.48. The Morgan fingerprint density at radius 2 is 1.96 bits per heavy atom. The highest BCUT2D eigenvalue weighted by Gasteiger charge is 2.20. The van der Waals surface area contributed by atoms with Crippen molar-refractivity contribution < 1.29 is 4.79 Å². The number of aromatic nitrogens is 4. The molecule has 0 aliphatic carbocycles. The number of carbonyl (C=O) groups excluding carboxylic acids is 1. The molecule has 1 atom stereocenters. The highest BCUT2D eigenvalue weighted by atomic mass is 16.2. The molecule has 4 rings (SSSR count). The molecule has 2 aromatic rings. The summed E-state index contributed by atoms with van der Waals surface area (Å²) in [5.41, 5.74) is 0.765. The number of nitrogens with one attached hydrogen (secondary N) is 1. The van der Waals surface area contributed by atoms with Gasteiger partial charge in [-0.25, -0.2) is 9.67 Å². The summed E-state index contributed by atoms with van der Waals surface area (Å²) in [5.74, 6) is 1.02. The lowest BCUT2D eigenvalue weighted by Crippen LogP contribution is -2.34. The summed E-state index contributed by atoms with van der Waals surface area (Å²) in [6.45, 7) is 4.39. The van der Waals surface area contributed by atoms with E-state index in [1.807, 2.05) is 23.0 Å². The average Bonchev–Trinajstić information content (AvgIpc) is 3.17. The normalized spacial score (nSPS) is 21.3. The van der Waals surface area contributed by atoms with Crippen LogP contribution in [0, 0.1) is 0 Å². The number of pyridine rings is 1. The van der Waals surface area contributed by atoms with Crippen molar-refractivity contribution >= 4 is 17.4 Å². The van der Waals surface area contributed by atoms with E-state index in [4.69, 9.17) is 0 Å². The third-order valence-electron chi connectivity index (χ3n) is 5.68. The Bertz CT molecular complexity index is 740. The Morgan fingerprint density at radius 3 is 2.71 bits per heavy atom. The van der Waals surface area contributed by atoms with Crippen LogP contribution in [0.15, 0.2) is 30.7 Å². The van der Waals surface area contributed by atoms with E-state index in [1.54, 1.807) is 12.4 Å². The molecule has 1 amide bonds. The second-order valence-corrected chi connectivity index (χ2v) is 7.74. The lowest BCUT2D eigenvalue weighted by molar-refractivity contribution is -0.117. The van der Waals surface area contributed by atoms with E-state index in [0.29, 0.717) is 12.6 Å². The zero-order chi connectivity index (χ0) is 19.2. The molecule has 0 spiro atoms. The molecule has 2 aliphatic heterocycles. The van der Waals surface area contributed by atoms with E-state index in [2.05, 4.69) is 30.4 Å². The molecular weight excluding hydrogens is 354 g/mol. The van der Waals surface area contributed by atoms with Crippen molar-refractivity contribution in [1.29, 1.82) is 0 Å². The second kappa shape index (κ2) is 9.14. The third kappa shape index (κ3) is 4.86. The molecule has 28 heavy (non-hydrogen) atoms. The van der Waals surface area contributed by atoms with Crippen LogP contribution in [0.3, 0.4) is 0 Å². The van der Waals surface area contributed by atoms with Crippen LogP contribution in [0.2, 0.25) is 0 Å². The molecule has 2 fully saturated rings. The van der Waals surface area contributed by atoms with Gasteiger partial charge in [0.25, 0.3) is 0 Å². The van der Waals surface area contributed by atoms with Crippen LogP contribution in [-0.4, -0.2) is 63.5 Å². The van der Waals surface area contributed by atoms with Crippen LogP contribution in [0.5, 0.6) is 0 Å². The maximum absolute atomic E-state index is 12.5. The third-order valence-corrected chi connectivity index (χ3v) is 5.68.